The summed E-state index contributed by atoms with van der Waals surface area (Å²) in [6, 6.07) is 24.4. The third kappa shape index (κ3) is 4.72. The first-order valence-corrected chi connectivity index (χ1v) is 9.51. The van der Waals surface area contributed by atoms with Crippen molar-refractivity contribution in [1.82, 2.24) is 0 Å². The highest BCUT2D eigenvalue weighted by Gasteiger charge is 2.20. The standard InChI is InChI=1S/C23H20BrNO2/c1-16-19(13-8-14-20(16)24)15-21(23(26)27)25-22(17-9-4-2-5-10-17)18-11-6-3-7-12-18/h2-14,21H,15H2,1H3,(H,26,27)/t21-/m0/s1. The van der Waals surface area contributed by atoms with Crippen molar-refractivity contribution in [3.63, 3.8) is 0 Å². The molecule has 1 N–H and O–H groups in total. The van der Waals surface area contributed by atoms with Crippen LogP contribution in [0, 0.1) is 6.92 Å². The Morgan fingerprint density at radius 2 is 1.48 bits per heavy atom. The van der Waals surface area contributed by atoms with E-state index < -0.39 is 12.0 Å². The van der Waals surface area contributed by atoms with Crippen LogP contribution < -0.4 is 0 Å². The molecule has 0 spiro atoms. The van der Waals surface area contributed by atoms with Crippen molar-refractivity contribution in [3.8, 4) is 0 Å². The molecule has 3 aromatic rings. The maximum Gasteiger partial charge on any atom is 0.328 e. The SMILES string of the molecule is Cc1c(Br)cccc1C[C@H](N=C(c1ccccc1)c1ccccc1)C(=O)O. The van der Waals surface area contributed by atoms with Gasteiger partial charge in [-0.2, -0.15) is 0 Å². The highest BCUT2D eigenvalue weighted by atomic mass is 79.9. The van der Waals surface area contributed by atoms with Crippen LogP contribution in [0.25, 0.3) is 0 Å². The van der Waals surface area contributed by atoms with E-state index in [2.05, 4.69) is 20.9 Å². The first-order valence-electron chi connectivity index (χ1n) is 8.71. The van der Waals surface area contributed by atoms with E-state index in [-0.39, 0.29) is 0 Å². The number of benzene rings is 3. The number of hydrogen-bond acceptors (Lipinski definition) is 2. The molecule has 0 aliphatic rings. The normalized spacial score (nSPS) is 11.6. The second kappa shape index (κ2) is 8.78. The number of carboxylic acid groups (broad SMARTS) is 1. The average molecular weight is 422 g/mol. The second-order valence-electron chi connectivity index (χ2n) is 6.29. The highest BCUT2D eigenvalue weighted by molar-refractivity contribution is 9.10. The molecule has 3 nitrogen and oxygen atoms in total. The van der Waals surface area contributed by atoms with E-state index in [0.29, 0.717) is 12.1 Å². The Morgan fingerprint density at radius 3 is 2.00 bits per heavy atom. The molecule has 0 unspecified atom stereocenters. The van der Waals surface area contributed by atoms with Gasteiger partial charge in [0.1, 0.15) is 0 Å². The first-order chi connectivity index (χ1) is 13.1. The molecule has 0 saturated heterocycles. The summed E-state index contributed by atoms with van der Waals surface area (Å²) in [7, 11) is 0. The van der Waals surface area contributed by atoms with Crippen molar-refractivity contribution in [2.24, 2.45) is 4.99 Å². The van der Waals surface area contributed by atoms with Crippen molar-refractivity contribution >= 4 is 27.6 Å². The zero-order chi connectivity index (χ0) is 19.2. The van der Waals surface area contributed by atoms with Gasteiger partial charge in [0.05, 0.1) is 5.71 Å². The first kappa shape index (κ1) is 19.1. The van der Waals surface area contributed by atoms with E-state index >= 15 is 0 Å². The predicted octanol–water partition coefficient (Wildman–Crippen LogP) is 5.29. The van der Waals surface area contributed by atoms with Crippen LogP contribution in [0.15, 0.2) is 88.3 Å². The monoisotopic (exact) mass is 421 g/mol. The maximum absolute atomic E-state index is 12.0. The van der Waals surface area contributed by atoms with Gasteiger partial charge in [-0.05, 0) is 24.1 Å². The third-order valence-corrected chi connectivity index (χ3v) is 5.32. The van der Waals surface area contributed by atoms with Gasteiger partial charge in [-0.3, -0.25) is 4.99 Å². The number of aliphatic carboxylic acids is 1. The number of halogens is 1. The molecule has 0 aliphatic heterocycles. The van der Waals surface area contributed by atoms with E-state index in [0.717, 1.165) is 26.7 Å². The Bertz CT molecular complexity index is 911. The summed E-state index contributed by atoms with van der Waals surface area (Å²) in [6.45, 7) is 1.98. The molecule has 0 saturated carbocycles. The van der Waals surface area contributed by atoms with Crippen LogP contribution in [0.5, 0.6) is 0 Å². The van der Waals surface area contributed by atoms with Gasteiger partial charge in [-0.15, -0.1) is 0 Å². The van der Waals surface area contributed by atoms with Crippen LogP contribution in [0.3, 0.4) is 0 Å². The Labute approximate surface area is 167 Å². The molecule has 0 amide bonds. The molecular weight excluding hydrogens is 402 g/mol. The van der Waals surface area contributed by atoms with Crippen LogP contribution in [-0.2, 0) is 11.2 Å². The molecule has 27 heavy (non-hydrogen) atoms. The topological polar surface area (TPSA) is 49.7 Å². The van der Waals surface area contributed by atoms with Crippen molar-refractivity contribution in [1.29, 1.82) is 0 Å². The van der Waals surface area contributed by atoms with Gasteiger partial charge in [-0.25, -0.2) is 4.79 Å². The second-order valence-corrected chi connectivity index (χ2v) is 7.15. The fourth-order valence-electron chi connectivity index (χ4n) is 2.93. The zero-order valence-corrected chi connectivity index (χ0v) is 16.6. The molecule has 0 aromatic heterocycles. The quantitative estimate of drug-likeness (QED) is 0.549. The largest absolute Gasteiger partial charge is 0.480 e. The van der Waals surface area contributed by atoms with E-state index in [9.17, 15) is 9.90 Å². The van der Waals surface area contributed by atoms with Gasteiger partial charge >= 0.3 is 5.97 Å². The Kier molecular flexibility index (Phi) is 6.20. The summed E-state index contributed by atoms with van der Waals surface area (Å²) < 4.78 is 0.972. The van der Waals surface area contributed by atoms with Crippen LogP contribution in [0.2, 0.25) is 0 Å². The lowest BCUT2D eigenvalue weighted by atomic mass is 9.99. The molecule has 136 valence electrons. The molecule has 4 heteroatoms. The summed E-state index contributed by atoms with van der Waals surface area (Å²) >= 11 is 3.51. The zero-order valence-electron chi connectivity index (χ0n) is 15.0. The fraction of sp³-hybridized carbons (Fsp3) is 0.130. The van der Waals surface area contributed by atoms with Crippen molar-refractivity contribution in [2.75, 3.05) is 0 Å². The van der Waals surface area contributed by atoms with Gasteiger partial charge in [0.15, 0.2) is 6.04 Å². The molecule has 0 fully saturated rings. The summed E-state index contributed by atoms with van der Waals surface area (Å²) in [4.78, 5) is 16.7. The van der Waals surface area contributed by atoms with Crippen LogP contribution >= 0.6 is 15.9 Å². The number of carboxylic acids is 1. The van der Waals surface area contributed by atoms with Gasteiger partial charge in [-0.1, -0.05) is 88.7 Å². The van der Waals surface area contributed by atoms with Crippen molar-refractivity contribution in [3.05, 3.63) is 106 Å². The average Bonchev–Trinajstić information content (AvgIpc) is 2.69. The van der Waals surface area contributed by atoms with Crippen molar-refractivity contribution < 1.29 is 9.90 Å². The Hall–Kier alpha value is -2.72. The van der Waals surface area contributed by atoms with E-state index in [1.165, 1.54) is 0 Å². The molecular formula is C23H20BrNO2. The number of hydrogen-bond donors (Lipinski definition) is 1. The third-order valence-electron chi connectivity index (χ3n) is 4.46. The van der Waals surface area contributed by atoms with E-state index in [4.69, 9.17) is 0 Å². The van der Waals surface area contributed by atoms with Gasteiger partial charge in [0.25, 0.3) is 0 Å². The van der Waals surface area contributed by atoms with Crippen LogP contribution in [0.1, 0.15) is 22.3 Å². The number of nitrogens with zero attached hydrogens (tertiary/aromatic N) is 1. The Balaban J connectivity index is 2.05. The lowest BCUT2D eigenvalue weighted by Gasteiger charge is -2.15. The Morgan fingerprint density at radius 1 is 0.926 bits per heavy atom. The van der Waals surface area contributed by atoms with Crippen molar-refractivity contribution in [2.45, 2.75) is 19.4 Å². The van der Waals surface area contributed by atoms with Gasteiger partial charge in [0.2, 0.25) is 0 Å². The molecule has 0 radical (unpaired) electrons. The number of rotatable bonds is 6. The fourth-order valence-corrected chi connectivity index (χ4v) is 3.34. The summed E-state index contributed by atoms with van der Waals surface area (Å²) in [6.07, 6.45) is 0.337. The van der Waals surface area contributed by atoms with E-state index in [1.54, 1.807) is 0 Å². The molecule has 0 aliphatic carbocycles. The van der Waals surface area contributed by atoms with Gasteiger partial charge < -0.3 is 5.11 Å². The summed E-state index contributed by atoms with van der Waals surface area (Å²) in [5.74, 6) is -0.932. The minimum absolute atomic E-state index is 0.337. The van der Waals surface area contributed by atoms with Gasteiger partial charge in [0, 0.05) is 22.0 Å². The number of aliphatic imine (C=N–C) groups is 1. The predicted molar refractivity (Wildman–Crippen MR) is 113 cm³/mol. The van der Waals surface area contributed by atoms with Crippen LogP contribution in [0.4, 0.5) is 0 Å². The molecule has 3 aromatic carbocycles. The summed E-state index contributed by atoms with van der Waals surface area (Å²) in [5, 5.41) is 9.82. The number of carbonyl (C=O) groups is 1. The van der Waals surface area contributed by atoms with E-state index in [1.807, 2.05) is 85.8 Å². The molecule has 0 bridgehead atoms. The smallest absolute Gasteiger partial charge is 0.328 e. The summed E-state index contributed by atoms with van der Waals surface area (Å²) in [5.41, 5.74) is 4.51. The molecule has 3 rings (SSSR count). The molecule has 1 atom stereocenters. The lowest BCUT2D eigenvalue weighted by Crippen LogP contribution is -2.23. The lowest BCUT2D eigenvalue weighted by molar-refractivity contribution is -0.138. The highest BCUT2D eigenvalue weighted by Crippen LogP contribution is 2.22. The van der Waals surface area contributed by atoms with Crippen LogP contribution in [-0.4, -0.2) is 22.8 Å². The maximum atomic E-state index is 12.0. The molecule has 0 heterocycles. The minimum atomic E-state index is -0.932. The minimum Gasteiger partial charge on any atom is -0.480 e.